The van der Waals surface area contributed by atoms with Gasteiger partial charge in [0, 0.05) is 18.1 Å². The molecule has 8 heteroatoms. The van der Waals surface area contributed by atoms with Gasteiger partial charge in [-0.05, 0) is 37.0 Å². The van der Waals surface area contributed by atoms with E-state index in [1.165, 1.54) is 0 Å². The summed E-state index contributed by atoms with van der Waals surface area (Å²) < 4.78 is 2.10. The van der Waals surface area contributed by atoms with Crippen molar-refractivity contribution in [3.8, 4) is 0 Å². The molecule has 0 saturated carbocycles. The minimum atomic E-state index is -0.553. The maximum atomic E-state index is 11.6. The average Bonchev–Trinajstić information content (AvgIpc) is 3.10. The van der Waals surface area contributed by atoms with Crippen molar-refractivity contribution >= 4 is 45.3 Å². The van der Waals surface area contributed by atoms with Gasteiger partial charge in [-0.15, -0.1) is 0 Å². The number of primary amides is 1. The van der Waals surface area contributed by atoms with Crippen LogP contribution in [0.15, 0.2) is 42.9 Å². The number of aromatic nitrogens is 4. The Bertz CT molecular complexity index is 1190. The molecule has 1 amide bonds. The number of hydrogen-bond donors (Lipinski definition) is 2. The molecular weight excluding hydrogens is 376 g/mol. The van der Waals surface area contributed by atoms with Gasteiger partial charge < -0.3 is 16.0 Å². The van der Waals surface area contributed by atoms with E-state index in [9.17, 15) is 4.79 Å². The summed E-state index contributed by atoms with van der Waals surface area (Å²) in [6, 6.07) is 9.69. The molecule has 7 nitrogen and oxygen atoms in total. The van der Waals surface area contributed by atoms with E-state index in [2.05, 4.69) is 19.5 Å². The zero-order chi connectivity index (χ0) is 19.7. The molecule has 3 heterocycles. The molecule has 4 N–H and O–H groups in total. The third kappa shape index (κ3) is 3.25. The van der Waals surface area contributed by atoms with Crippen molar-refractivity contribution in [3.63, 3.8) is 0 Å². The number of fused-ring (bicyclic) bond motifs is 3. The van der Waals surface area contributed by atoms with Crippen LogP contribution in [0.2, 0.25) is 5.15 Å². The minimum Gasteiger partial charge on any atom is -0.382 e. The summed E-state index contributed by atoms with van der Waals surface area (Å²) >= 11 is 6.01. The van der Waals surface area contributed by atoms with Gasteiger partial charge in [0.25, 0.3) is 5.91 Å². The number of carbonyl (C=O) groups is 1. The number of hydrogen-bond acceptors (Lipinski definition) is 5. The molecule has 4 rings (SSSR count). The van der Waals surface area contributed by atoms with Crippen LogP contribution in [0.1, 0.15) is 28.8 Å². The average molecular weight is 395 g/mol. The van der Waals surface area contributed by atoms with Gasteiger partial charge in [0.05, 0.1) is 22.9 Å². The SMILES string of the molecule is NC(=O)c1c(CCCCn2cnc3c(N)nc4ccccc4c32)ccnc1Cl. The van der Waals surface area contributed by atoms with Crippen molar-refractivity contribution in [2.75, 3.05) is 5.73 Å². The van der Waals surface area contributed by atoms with Crippen molar-refractivity contribution in [1.29, 1.82) is 0 Å². The smallest absolute Gasteiger partial charge is 0.252 e. The highest BCUT2D eigenvalue weighted by atomic mass is 35.5. The van der Waals surface area contributed by atoms with Crippen molar-refractivity contribution in [2.45, 2.75) is 25.8 Å². The Kier molecular flexibility index (Phi) is 4.83. The number of nitrogens with two attached hydrogens (primary N) is 2. The van der Waals surface area contributed by atoms with E-state index in [1.807, 2.05) is 24.3 Å². The first-order valence-electron chi connectivity index (χ1n) is 8.98. The fourth-order valence-electron chi connectivity index (χ4n) is 3.51. The largest absolute Gasteiger partial charge is 0.382 e. The number of anilines is 1. The van der Waals surface area contributed by atoms with Crippen LogP contribution in [0, 0.1) is 0 Å². The Balaban J connectivity index is 1.53. The maximum Gasteiger partial charge on any atom is 0.252 e. The summed E-state index contributed by atoms with van der Waals surface area (Å²) in [5.41, 5.74) is 15.2. The van der Waals surface area contributed by atoms with Crippen LogP contribution in [-0.2, 0) is 13.0 Å². The Morgan fingerprint density at radius 1 is 1.14 bits per heavy atom. The number of nitrogens with zero attached hydrogens (tertiary/aromatic N) is 4. The molecule has 0 aliphatic rings. The summed E-state index contributed by atoms with van der Waals surface area (Å²) in [5, 5.41) is 1.18. The minimum absolute atomic E-state index is 0.153. The normalized spacial score (nSPS) is 11.3. The zero-order valence-electron chi connectivity index (χ0n) is 15.1. The van der Waals surface area contributed by atoms with Gasteiger partial charge in [0.15, 0.2) is 5.82 Å². The predicted molar refractivity (Wildman–Crippen MR) is 110 cm³/mol. The predicted octanol–water partition coefficient (Wildman–Crippen LogP) is 3.34. The summed E-state index contributed by atoms with van der Waals surface area (Å²) in [4.78, 5) is 24.4. The first-order chi connectivity index (χ1) is 13.6. The van der Waals surface area contributed by atoms with Crippen LogP contribution in [0.3, 0.4) is 0 Å². The van der Waals surface area contributed by atoms with Crippen molar-refractivity contribution in [3.05, 3.63) is 59.1 Å². The van der Waals surface area contributed by atoms with Gasteiger partial charge in [-0.1, -0.05) is 29.8 Å². The fourth-order valence-corrected chi connectivity index (χ4v) is 3.79. The van der Waals surface area contributed by atoms with Crippen molar-refractivity contribution in [2.24, 2.45) is 5.73 Å². The quantitative estimate of drug-likeness (QED) is 0.384. The highest BCUT2D eigenvalue weighted by Crippen LogP contribution is 2.27. The molecule has 0 saturated heterocycles. The van der Waals surface area contributed by atoms with Crippen molar-refractivity contribution in [1.82, 2.24) is 19.5 Å². The standard InChI is InChI=1S/C20H19ClN6O/c21-18-15(20(23)28)12(8-9-24-18)5-3-4-10-27-11-25-16-17(27)13-6-1-2-7-14(13)26-19(16)22/h1-2,6-9,11H,3-5,10H2,(H2,22,26)(H2,23,28). The van der Waals surface area contributed by atoms with E-state index in [0.717, 1.165) is 46.9 Å². The van der Waals surface area contributed by atoms with E-state index in [1.54, 1.807) is 18.6 Å². The zero-order valence-corrected chi connectivity index (χ0v) is 15.9. The van der Waals surface area contributed by atoms with Gasteiger partial charge >= 0.3 is 0 Å². The highest BCUT2D eigenvalue weighted by Gasteiger charge is 2.14. The number of unbranched alkanes of at least 4 members (excludes halogenated alkanes) is 1. The third-order valence-electron chi connectivity index (χ3n) is 4.81. The number of pyridine rings is 2. The molecule has 0 radical (unpaired) electrons. The monoisotopic (exact) mass is 394 g/mol. The molecule has 142 valence electrons. The first-order valence-corrected chi connectivity index (χ1v) is 9.36. The summed E-state index contributed by atoms with van der Waals surface area (Å²) in [5.74, 6) is -0.117. The van der Waals surface area contributed by atoms with E-state index < -0.39 is 5.91 Å². The van der Waals surface area contributed by atoms with Crippen LogP contribution in [-0.4, -0.2) is 25.4 Å². The molecule has 0 atom stereocenters. The Morgan fingerprint density at radius 3 is 2.79 bits per heavy atom. The number of para-hydroxylation sites is 1. The molecule has 0 fully saturated rings. The van der Waals surface area contributed by atoms with E-state index in [4.69, 9.17) is 23.1 Å². The van der Waals surface area contributed by atoms with Crippen LogP contribution in [0.4, 0.5) is 5.82 Å². The lowest BCUT2D eigenvalue weighted by Gasteiger charge is -2.09. The van der Waals surface area contributed by atoms with Gasteiger partial charge in [-0.2, -0.15) is 0 Å². The third-order valence-corrected chi connectivity index (χ3v) is 5.10. The number of carbonyl (C=O) groups excluding carboxylic acids is 1. The molecular formula is C20H19ClN6O. The number of benzene rings is 1. The number of imidazole rings is 1. The van der Waals surface area contributed by atoms with E-state index in [0.29, 0.717) is 17.8 Å². The molecule has 28 heavy (non-hydrogen) atoms. The second-order valence-electron chi connectivity index (χ2n) is 6.61. The number of rotatable bonds is 6. The topological polar surface area (TPSA) is 113 Å². The first kappa shape index (κ1) is 18.2. The molecule has 0 aliphatic heterocycles. The van der Waals surface area contributed by atoms with Crippen LogP contribution in [0.5, 0.6) is 0 Å². The lowest BCUT2D eigenvalue weighted by Crippen LogP contribution is -2.15. The van der Waals surface area contributed by atoms with Crippen molar-refractivity contribution < 1.29 is 4.79 Å². The lowest BCUT2D eigenvalue weighted by atomic mass is 10.0. The molecule has 3 aromatic heterocycles. The highest BCUT2D eigenvalue weighted by molar-refractivity contribution is 6.32. The fraction of sp³-hybridized carbons (Fsp3) is 0.200. The summed E-state index contributed by atoms with van der Waals surface area (Å²) in [7, 11) is 0. The Labute approximate surface area is 166 Å². The van der Waals surface area contributed by atoms with Gasteiger partial charge in [-0.25, -0.2) is 15.0 Å². The summed E-state index contributed by atoms with van der Waals surface area (Å²) in [6.07, 6.45) is 5.83. The second kappa shape index (κ2) is 7.44. The van der Waals surface area contributed by atoms with Gasteiger partial charge in [-0.3, -0.25) is 4.79 Å². The maximum absolute atomic E-state index is 11.6. The molecule has 0 bridgehead atoms. The molecule has 0 aliphatic carbocycles. The molecule has 4 aromatic rings. The number of aryl methyl sites for hydroxylation is 2. The number of nitrogen functional groups attached to an aromatic ring is 1. The van der Waals surface area contributed by atoms with Crippen LogP contribution < -0.4 is 11.5 Å². The van der Waals surface area contributed by atoms with Gasteiger partial charge in [0.1, 0.15) is 10.7 Å². The van der Waals surface area contributed by atoms with E-state index >= 15 is 0 Å². The second-order valence-corrected chi connectivity index (χ2v) is 6.96. The lowest BCUT2D eigenvalue weighted by molar-refractivity contribution is 0.0999. The number of amides is 1. The molecule has 0 spiro atoms. The Morgan fingerprint density at radius 2 is 1.96 bits per heavy atom. The van der Waals surface area contributed by atoms with Crippen LogP contribution >= 0.6 is 11.6 Å². The molecule has 0 unspecified atom stereocenters. The Hall–Kier alpha value is -3.19. The van der Waals surface area contributed by atoms with Gasteiger partial charge in [0.2, 0.25) is 0 Å². The molecule has 1 aromatic carbocycles. The summed E-state index contributed by atoms with van der Waals surface area (Å²) in [6.45, 7) is 0.772. The van der Waals surface area contributed by atoms with E-state index in [-0.39, 0.29) is 5.15 Å². The van der Waals surface area contributed by atoms with Crippen LogP contribution in [0.25, 0.3) is 21.9 Å². The number of halogens is 1.